The topological polar surface area (TPSA) is 169 Å². The molecule has 0 atom stereocenters. The molecule has 0 spiro atoms. The van der Waals surface area contributed by atoms with Crippen LogP contribution in [0.3, 0.4) is 0 Å². The SMILES string of the molecule is O.O=C(Nn1c(-c2cnccn2)nnc1-c1cnccn1)c1cnccn1. The number of nitrogens with zero attached hydrogens (tertiary/aromatic N) is 9. The maximum absolute atomic E-state index is 12.5. The molecule has 4 rings (SSSR count). The van der Waals surface area contributed by atoms with E-state index < -0.39 is 5.91 Å². The minimum absolute atomic E-state index is 0. The van der Waals surface area contributed by atoms with Crippen LogP contribution in [0.1, 0.15) is 10.5 Å². The molecule has 0 fully saturated rings. The second-order valence-corrected chi connectivity index (χ2v) is 4.90. The first-order valence-corrected chi connectivity index (χ1v) is 7.38. The number of carbonyl (C=O) groups excluding carboxylic acids is 1. The molecule has 0 bridgehead atoms. The van der Waals surface area contributed by atoms with Gasteiger partial charge in [0.05, 0.1) is 18.6 Å². The molecular weight excluding hydrogens is 352 g/mol. The Kier molecular flexibility index (Phi) is 5.09. The van der Waals surface area contributed by atoms with Crippen LogP contribution in [0, 0.1) is 0 Å². The van der Waals surface area contributed by atoms with Gasteiger partial charge in [0.2, 0.25) is 11.6 Å². The normalized spacial score (nSPS) is 10.1. The monoisotopic (exact) mass is 364 g/mol. The number of carbonyl (C=O) groups is 1. The highest BCUT2D eigenvalue weighted by atomic mass is 16.2. The van der Waals surface area contributed by atoms with Crippen LogP contribution >= 0.6 is 0 Å². The Bertz CT molecular complexity index is 967. The molecule has 4 aromatic rings. The minimum atomic E-state index is -0.492. The van der Waals surface area contributed by atoms with Crippen LogP contribution in [0.25, 0.3) is 23.0 Å². The van der Waals surface area contributed by atoms with E-state index >= 15 is 0 Å². The molecule has 3 N–H and O–H groups in total. The molecule has 0 aromatic carbocycles. The first-order chi connectivity index (χ1) is 12.8. The van der Waals surface area contributed by atoms with E-state index in [2.05, 4.69) is 45.5 Å². The zero-order valence-electron chi connectivity index (χ0n) is 13.6. The van der Waals surface area contributed by atoms with Crippen LogP contribution in [0.5, 0.6) is 0 Å². The van der Waals surface area contributed by atoms with Crippen molar-refractivity contribution >= 4 is 5.91 Å². The van der Waals surface area contributed by atoms with Crippen LogP contribution in [0.2, 0.25) is 0 Å². The average Bonchev–Trinajstić information content (AvgIpc) is 3.13. The summed E-state index contributed by atoms with van der Waals surface area (Å²) in [5, 5.41) is 8.20. The van der Waals surface area contributed by atoms with Gasteiger partial charge in [-0.3, -0.25) is 25.2 Å². The quantitative estimate of drug-likeness (QED) is 0.503. The van der Waals surface area contributed by atoms with E-state index in [1.807, 2.05) is 0 Å². The number of rotatable bonds is 4. The average molecular weight is 364 g/mol. The zero-order valence-corrected chi connectivity index (χ0v) is 13.6. The molecule has 12 heteroatoms. The lowest BCUT2D eigenvalue weighted by Crippen LogP contribution is -2.25. The van der Waals surface area contributed by atoms with E-state index in [0.29, 0.717) is 11.4 Å². The van der Waals surface area contributed by atoms with Crippen molar-refractivity contribution in [3.8, 4) is 23.0 Å². The number of amides is 1. The Morgan fingerprint density at radius 1 is 0.741 bits per heavy atom. The Labute approximate surface area is 151 Å². The number of aromatic nitrogens is 9. The van der Waals surface area contributed by atoms with Gasteiger partial charge in [-0.2, -0.15) is 0 Å². The fourth-order valence-electron chi connectivity index (χ4n) is 2.13. The predicted octanol–water partition coefficient (Wildman–Crippen LogP) is -0.459. The molecule has 0 aliphatic heterocycles. The summed E-state index contributed by atoms with van der Waals surface area (Å²) >= 11 is 0. The largest absolute Gasteiger partial charge is 0.412 e. The maximum atomic E-state index is 12.5. The standard InChI is InChI=1S/C15H10N10O.H2O/c26-15(12-9-18-3-6-21-12)24-25-13(10-7-16-1-4-19-10)22-23-14(25)11-8-17-2-5-20-11;/h1-9H,(H,24,26);1H2. The van der Waals surface area contributed by atoms with Crippen molar-refractivity contribution in [1.29, 1.82) is 0 Å². The van der Waals surface area contributed by atoms with Gasteiger partial charge in [0, 0.05) is 37.2 Å². The Hall–Kier alpha value is -4.19. The third-order valence-electron chi connectivity index (χ3n) is 3.26. The summed E-state index contributed by atoms with van der Waals surface area (Å²) in [6.45, 7) is 0. The van der Waals surface area contributed by atoms with Crippen molar-refractivity contribution in [2.45, 2.75) is 0 Å². The molecule has 0 radical (unpaired) electrons. The number of hydrogen-bond acceptors (Lipinski definition) is 9. The second-order valence-electron chi connectivity index (χ2n) is 4.90. The van der Waals surface area contributed by atoms with Crippen molar-refractivity contribution in [3.05, 3.63) is 61.5 Å². The first kappa shape index (κ1) is 17.6. The van der Waals surface area contributed by atoms with Crippen molar-refractivity contribution in [2.24, 2.45) is 0 Å². The molecule has 27 heavy (non-hydrogen) atoms. The van der Waals surface area contributed by atoms with Gasteiger partial charge in [-0.1, -0.05) is 0 Å². The number of nitrogens with one attached hydrogen (secondary N) is 1. The van der Waals surface area contributed by atoms with Gasteiger partial charge in [0.15, 0.2) is 0 Å². The first-order valence-electron chi connectivity index (χ1n) is 7.38. The molecule has 0 saturated carbocycles. The van der Waals surface area contributed by atoms with Gasteiger partial charge >= 0.3 is 0 Å². The Balaban J connectivity index is 0.00000210. The lowest BCUT2D eigenvalue weighted by Gasteiger charge is -2.10. The zero-order chi connectivity index (χ0) is 17.8. The smallest absolute Gasteiger partial charge is 0.290 e. The van der Waals surface area contributed by atoms with Crippen molar-refractivity contribution < 1.29 is 10.3 Å². The van der Waals surface area contributed by atoms with E-state index in [1.165, 1.54) is 60.4 Å². The predicted molar refractivity (Wildman–Crippen MR) is 91.4 cm³/mol. The maximum Gasteiger partial charge on any atom is 0.290 e. The molecule has 0 aliphatic carbocycles. The minimum Gasteiger partial charge on any atom is -0.412 e. The van der Waals surface area contributed by atoms with Crippen LogP contribution in [-0.4, -0.2) is 56.2 Å². The molecule has 134 valence electrons. The molecular formula is C15H12N10O2. The van der Waals surface area contributed by atoms with E-state index in [9.17, 15) is 4.79 Å². The lowest BCUT2D eigenvalue weighted by molar-refractivity contribution is 0.100. The van der Waals surface area contributed by atoms with E-state index in [1.54, 1.807) is 0 Å². The van der Waals surface area contributed by atoms with Crippen molar-refractivity contribution in [1.82, 2.24) is 44.8 Å². The summed E-state index contributed by atoms with van der Waals surface area (Å²) in [6.07, 6.45) is 13.4. The van der Waals surface area contributed by atoms with Crippen LogP contribution < -0.4 is 5.43 Å². The molecule has 12 nitrogen and oxygen atoms in total. The molecule has 4 aromatic heterocycles. The van der Waals surface area contributed by atoms with Crippen LogP contribution in [0.4, 0.5) is 0 Å². The van der Waals surface area contributed by atoms with Gasteiger partial charge in [0.25, 0.3) is 5.91 Å². The van der Waals surface area contributed by atoms with Crippen LogP contribution in [0.15, 0.2) is 55.8 Å². The summed E-state index contributed by atoms with van der Waals surface area (Å²) in [5.74, 6) is 0.0835. The van der Waals surface area contributed by atoms with Crippen molar-refractivity contribution in [3.63, 3.8) is 0 Å². The van der Waals surface area contributed by atoms with Crippen molar-refractivity contribution in [2.75, 3.05) is 5.43 Å². The highest BCUT2D eigenvalue weighted by Gasteiger charge is 2.20. The molecule has 1 amide bonds. The molecule has 4 heterocycles. The van der Waals surface area contributed by atoms with Gasteiger partial charge in [-0.05, 0) is 0 Å². The Morgan fingerprint density at radius 2 is 1.26 bits per heavy atom. The fourth-order valence-corrected chi connectivity index (χ4v) is 2.13. The van der Waals surface area contributed by atoms with E-state index in [4.69, 9.17) is 0 Å². The third kappa shape index (κ3) is 3.59. The summed E-state index contributed by atoms with van der Waals surface area (Å²) in [6, 6.07) is 0. The summed E-state index contributed by atoms with van der Waals surface area (Å²) < 4.78 is 1.37. The van der Waals surface area contributed by atoms with Gasteiger partial charge in [-0.15, -0.1) is 10.2 Å². The van der Waals surface area contributed by atoms with E-state index in [0.717, 1.165) is 0 Å². The Morgan fingerprint density at radius 3 is 1.70 bits per heavy atom. The van der Waals surface area contributed by atoms with Gasteiger partial charge in [-0.25, -0.2) is 19.6 Å². The second kappa shape index (κ2) is 7.79. The molecule has 0 saturated heterocycles. The highest BCUT2D eigenvalue weighted by molar-refractivity contribution is 5.98. The van der Waals surface area contributed by atoms with Gasteiger partial charge < -0.3 is 5.48 Å². The summed E-state index contributed by atoms with van der Waals surface area (Å²) in [4.78, 5) is 36.8. The summed E-state index contributed by atoms with van der Waals surface area (Å²) in [7, 11) is 0. The molecule has 0 unspecified atom stereocenters. The third-order valence-corrected chi connectivity index (χ3v) is 3.26. The van der Waals surface area contributed by atoms with E-state index in [-0.39, 0.29) is 22.8 Å². The molecule has 0 aliphatic rings. The number of hydrogen-bond donors (Lipinski definition) is 1. The summed E-state index contributed by atoms with van der Waals surface area (Å²) in [5.41, 5.74) is 3.67. The highest BCUT2D eigenvalue weighted by Crippen LogP contribution is 2.19. The fraction of sp³-hybridized carbons (Fsp3) is 0. The lowest BCUT2D eigenvalue weighted by atomic mass is 10.4. The van der Waals surface area contributed by atoms with Crippen LogP contribution in [-0.2, 0) is 0 Å². The van der Waals surface area contributed by atoms with Gasteiger partial charge in [0.1, 0.15) is 17.1 Å².